The van der Waals surface area contributed by atoms with Gasteiger partial charge in [-0.15, -0.1) is 0 Å². The van der Waals surface area contributed by atoms with E-state index in [2.05, 4.69) is 27.7 Å². The average molecular weight is 569 g/mol. The molecular weight excluding hydrogens is 496 g/mol. The van der Waals surface area contributed by atoms with Gasteiger partial charge in [0.25, 0.3) is 0 Å². The highest BCUT2D eigenvalue weighted by molar-refractivity contribution is 5.69. The van der Waals surface area contributed by atoms with Crippen LogP contribution in [0.3, 0.4) is 0 Å². The van der Waals surface area contributed by atoms with Gasteiger partial charge in [0, 0.05) is 12.8 Å². The third kappa shape index (κ3) is 41.4. The number of carbonyl (C=O) groups is 2. The normalized spacial score (nSPS) is 10.9. The van der Waals surface area contributed by atoms with Crippen molar-refractivity contribution in [3.63, 3.8) is 0 Å². The SMILES string of the molecule is CC(C)CCCCCCCCCCCCCCC(=O)O.CCCCCCCCCCCC(=O)OCCCCCC. The molecule has 0 aliphatic rings. The first-order valence-corrected chi connectivity index (χ1v) is 17.8. The molecule has 0 saturated heterocycles. The molecule has 0 aliphatic heterocycles. The molecule has 0 fully saturated rings. The van der Waals surface area contributed by atoms with Crippen LogP contribution in [0.25, 0.3) is 0 Å². The first-order valence-electron chi connectivity index (χ1n) is 17.8. The van der Waals surface area contributed by atoms with Gasteiger partial charge in [-0.1, -0.05) is 175 Å². The van der Waals surface area contributed by atoms with E-state index in [0.717, 1.165) is 31.6 Å². The number of hydrogen-bond acceptors (Lipinski definition) is 3. The number of carboxylic acid groups (broad SMARTS) is 1. The summed E-state index contributed by atoms with van der Waals surface area (Å²) in [6.45, 7) is 9.68. The molecule has 0 heterocycles. The predicted octanol–water partition coefficient (Wildman–Crippen LogP) is 12.2. The molecule has 4 nitrogen and oxygen atoms in total. The molecule has 0 saturated carbocycles. The molecule has 0 aliphatic carbocycles. The van der Waals surface area contributed by atoms with Crippen molar-refractivity contribution < 1.29 is 19.4 Å². The van der Waals surface area contributed by atoms with E-state index in [1.165, 1.54) is 141 Å². The van der Waals surface area contributed by atoms with E-state index < -0.39 is 5.97 Å². The summed E-state index contributed by atoms with van der Waals surface area (Å²) in [5.41, 5.74) is 0. The molecule has 240 valence electrons. The Morgan fingerprint density at radius 2 is 0.850 bits per heavy atom. The number of ether oxygens (including phenoxy) is 1. The quantitative estimate of drug-likeness (QED) is 0.0691. The van der Waals surface area contributed by atoms with Crippen molar-refractivity contribution in [2.24, 2.45) is 5.92 Å². The lowest BCUT2D eigenvalue weighted by atomic mass is 10.0. The zero-order chi connectivity index (χ0) is 29.9. The third-order valence-electron chi connectivity index (χ3n) is 7.67. The lowest BCUT2D eigenvalue weighted by Crippen LogP contribution is -2.05. The summed E-state index contributed by atoms with van der Waals surface area (Å²) in [5.74, 6) is 0.216. The maximum absolute atomic E-state index is 11.5. The van der Waals surface area contributed by atoms with Crippen molar-refractivity contribution in [2.75, 3.05) is 6.61 Å². The Morgan fingerprint density at radius 1 is 0.500 bits per heavy atom. The van der Waals surface area contributed by atoms with Crippen LogP contribution in [0.5, 0.6) is 0 Å². The van der Waals surface area contributed by atoms with Crippen LogP contribution >= 0.6 is 0 Å². The van der Waals surface area contributed by atoms with Crippen molar-refractivity contribution in [3.8, 4) is 0 Å². The molecule has 0 amide bonds. The largest absolute Gasteiger partial charge is 0.481 e. The monoisotopic (exact) mass is 569 g/mol. The smallest absolute Gasteiger partial charge is 0.305 e. The van der Waals surface area contributed by atoms with Gasteiger partial charge >= 0.3 is 11.9 Å². The molecule has 0 aromatic carbocycles. The first-order chi connectivity index (χ1) is 19.4. The summed E-state index contributed by atoms with van der Waals surface area (Å²) in [6.07, 6.45) is 34.2. The second-order valence-electron chi connectivity index (χ2n) is 12.4. The number of carboxylic acids is 1. The highest BCUT2D eigenvalue weighted by Crippen LogP contribution is 2.14. The number of esters is 1. The van der Waals surface area contributed by atoms with Crippen LogP contribution in [0.4, 0.5) is 0 Å². The average Bonchev–Trinajstić information content (AvgIpc) is 2.92. The van der Waals surface area contributed by atoms with Gasteiger partial charge in [-0.05, 0) is 25.2 Å². The van der Waals surface area contributed by atoms with E-state index in [0.29, 0.717) is 19.4 Å². The summed E-state index contributed by atoms with van der Waals surface area (Å²) >= 11 is 0. The Morgan fingerprint density at radius 3 is 1.25 bits per heavy atom. The molecule has 0 aromatic rings. The fourth-order valence-electron chi connectivity index (χ4n) is 4.96. The number of carbonyl (C=O) groups excluding carboxylic acids is 1. The van der Waals surface area contributed by atoms with E-state index >= 15 is 0 Å². The molecule has 0 aromatic heterocycles. The fraction of sp³-hybridized carbons (Fsp3) is 0.944. The van der Waals surface area contributed by atoms with Crippen LogP contribution < -0.4 is 0 Å². The van der Waals surface area contributed by atoms with E-state index in [9.17, 15) is 9.59 Å². The topological polar surface area (TPSA) is 63.6 Å². The Balaban J connectivity index is 0. The van der Waals surface area contributed by atoms with Gasteiger partial charge in [-0.25, -0.2) is 0 Å². The second-order valence-corrected chi connectivity index (χ2v) is 12.4. The lowest BCUT2D eigenvalue weighted by molar-refractivity contribution is -0.144. The van der Waals surface area contributed by atoms with Gasteiger partial charge in [0.15, 0.2) is 0 Å². The lowest BCUT2D eigenvalue weighted by Gasteiger charge is -2.05. The minimum absolute atomic E-state index is 0.00412. The zero-order valence-electron chi connectivity index (χ0n) is 27.8. The summed E-state index contributed by atoms with van der Waals surface area (Å²) in [6, 6.07) is 0. The van der Waals surface area contributed by atoms with Crippen LogP contribution in [0.2, 0.25) is 0 Å². The number of aliphatic carboxylic acids is 1. The number of rotatable bonds is 30. The van der Waals surface area contributed by atoms with E-state index in [4.69, 9.17) is 9.84 Å². The molecule has 0 radical (unpaired) electrons. The van der Waals surface area contributed by atoms with Crippen LogP contribution in [0, 0.1) is 5.92 Å². The molecular formula is C36H72O4. The van der Waals surface area contributed by atoms with Crippen molar-refractivity contribution in [1.82, 2.24) is 0 Å². The van der Waals surface area contributed by atoms with Gasteiger partial charge in [0.2, 0.25) is 0 Å². The molecule has 1 N–H and O–H groups in total. The van der Waals surface area contributed by atoms with Gasteiger partial charge in [-0.3, -0.25) is 9.59 Å². The predicted molar refractivity (Wildman–Crippen MR) is 174 cm³/mol. The van der Waals surface area contributed by atoms with Crippen LogP contribution in [-0.2, 0) is 14.3 Å². The molecule has 4 heteroatoms. The van der Waals surface area contributed by atoms with Gasteiger partial charge in [0.05, 0.1) is 6.61 Å². The summed E-state index contributed by atoms with van der Waals surface area (Å²) < 4.78 is 5.22. The maximum Gasteiger partial charge on any atom is 0.305 e. The molecule has 40 heavy (non-hydrogen) atoms. The highest BCUT2D eigenvalue weighted by atomic mass is 16.5. The number of unbranched alkanes of at least 4 members (excludes halogenated alkanes) is 22. The summed E-state index contributed by atoms with van der Waals surface area (Å²) in [4.78, 5) is 21.8. The summed E-state index contributed by atoms with van der Waals surface area (Å²) in [7, 11) is 0. The minimum atomic E-state index is -0.654. The zero-order valence-corrected chi connectivity index (χ0v) is 27.8. The van der Waals surface area contributed by atoms with Gasteiger partial charge in [0.1, 0.15) is 0 Å². The Hall–Kier alpha value is -1.06. The fourth-order valence-corrected chi connectivity index (χ4v) is 4.96. The Kier molecular flexibility index (Phi) is 36.9. The maximum atomic E-state index is 11.5. The van der Waals surface area contributed by atoms with Crippen LogP contribution in [0.15, 0.2) is 0 Å². The van der Waals surface area contributed by atoms with E-state index in [1.54, 1.807) is 0 Å². The third-order valence-corrected chi connectivity index (χ3v) is 7.67. The van der Waals surface area contributed by atoms with Crippen LogP contribution in [-0.4, -0.2) is 23.7 Å². The standard InChI is InChI=1S/2C18H36O2/c1-17(2)15-13-11-9-7-5-3-4-6-8-10-12-14-16-18(19)20;1-3-5-7-9-10-11-12-13-14-16-18(19)20-17-15-8-6-4-2/h17H,3-16H2,1-2H3,(H,19,20);3-17H2,1-2H3. The number of hydrogen-bond donors (Lipinski definition) is 1. The van der Waals surface area contributed by atoms with Gasteiger partial charge < -0.3 is 9.84 Å². The van der Waals surface area contributed by atoms with Crippen LogP contribution in [0.1, 0.15) is 207 Å². The minimum Gasteiger partial charge on any atom is -0.481 e. The molecule has 0 rings (SSSR count). The Labute approximate surface area is 251 Å². The van der Waals surface area contributed by atoms with E-state index in [1.807, 2.05) is 0 Å². The van der Waals surface area contributed by atoms with Crippen molar-refractivity contribution in [3.05, 3.63) is 0 Å². The Bertz CT molecular complexity index is 503. The summed E-state index contributed by atoms with van der Waals surface area (Å²) in [5, 5.41) is 8.52. The molecule has 0 spiro atoms. The molecule has 0 atom stereocenters. The highest BCUT2D eigenvalue weighted by Gasteiger charge is 2.02. The first kappa shape index (κ1) is 41.1. The molecule has 0 unspecified atom stereocenters. The van der Waals surface area contributed by atoms with Crippen molar-refractivity contribution in [2.45, 2.75) is 207 Å². The van der Waals surface area contributed by atoms with Crippen molar-refractivity contribution >= 4 is 11.9 Å². The van der Waals surface area contributed by atoms with E-state index in [-0.39, 0.29) is 5.97 Å². The van der Waals surface area contributed by atoms with Crippen molar-refractivity contribution in [1.29, 1.82) is 0 Å². The van der Waals surface area contributed by atoms with Gasteiger partial charge in [-0.2, -0.15) is 0 Å². The second kappa shape index (κ2) is 36.0. The molecule has 0 bridgehead atoms.